The zero-order chi connectivity index (χ0) is 10.8. The van der Waals surface area contributed by atoms with Crippen LogP contribution < -0.4 is 15.2 Å². The molecule has 0 aliphatic carbocycles. The molecule has 1 aromatic rings. The highest BCUT2D eigenvalue weighted by Gasteiger charge is 2.21. The first-order chi connectivity index (χ1) is 7.27. The van der Waals surface area contributed by atoms with Gasteiger partial charge in [-0.05, 0) is 18.1 Å². The summed E-state index contributed by atoms with van der Waals surface area (Å²) in [4.78, 5) is 0. The second-order valence-electron chi connectivity index (χ2n) is 3.41. The van der Waals surface area contributed by atoms with Crippen molar-refractivity contribution in [1.82, 2.24) is 0 Å². The van der Waals surface area contributed by atoms with Gasteiger partial charge in [0, 0.05) is 12.1 Å². The van der Waals surface area contributed by atoms with E-state index in [0.29, 0.717) is 30.5 Å². The highest BCUT2D eigenvalue weighted by molar-refractivity contribution is 6.32. The molecule has 0 amide bonds. The molecule has 3 nitrogen and oxygen atoms in total. The summed E-state index contributed by atoms with van der Waals surface area (Å²) in [6, 6.07) is 1.87. The summed E-state index contributed by atoms with van der Waals surface area (Å²) in [6.07, 6.45) is 0.870. The highest BCUT2D eigenvalue weighted by Crippen LogP contribution is 2.42. The van der Waals surface area contributed by atoms with Gasteiger partial charge in [-0.2, -0.15) is 0 Å². The topological polar surface area (TPSA) is 44.5 Å². The van der Waals surface area contributed by atoms with E-state index in [2.05, 4.69) is 6.92 Å². The van der Waals surface area contributed by atoms with Crippen molar-refractivity contribution in [3.63, 3.8) is 0 Å². The number of hydrogen-bond donors (Lipinski definition) is 1. The fourth-order valence-electron chi connectivity index (χ4n) is 1.84. The molecule has 1 aromatic carbocycles. The molecular formula is C11H14ClNO2. The SMILES string of the molecule is CCc1c(CN)cc(Cl)c2c1OCCO2. The van der Waals surface area contributed by atoms with Crippen LogP contribution in [-0.4, -0.2) is 13.2 Å². The smallest absolute Gasteiger partial charge is 0.180 e. The van der Waals surface area contributed by atoms with Crippen molar-refractivity contribution in [1.29, 1.82) is 0 Å². The monoisotopic (exact) mass is 227 g/mol. The molecule has 1 aliphatic heterocycles. The van der Waals surface area contributed by atoms with Crippen molar-refractivity contribution in [3.05, 3.63) is 22.2 Å². The van der Waals surface area contributed by atoms with Gasteiger partial charge in [0.2, 0.25) is 0 Å². The number of nitrogens with two attached hydrogens (primary N) is 1. The fraction of sp³-hybridized carbons (Fsp3) is 0.455. The molecule has 1 heterocycles. The van der Waals surface area contributed by atoms with Gasteiger partial charge < -0.3 is 15.2 Å². The van der Waals surface area contributed by atoms with Crippen LogP contribution in [0.1, 0.15) is 18.1 Å². The summed E-state index contributed by atoms with van der Waals surface area (Å²) >= 11 is 6.09. The average Bonchev–Trinajstić information content (AvgIpc) is 2.29. The Bertz CT molecular complexity index is 379. The molecule has 0 spiro atoms. The lowest BCUT2D eigenvalue weighted by Gasteiger charge is -2.23. The predicted molar refractivity (Wildman–Crippen MR) is 59.7 cm³/mol. The second-order valence-corrected chi connectivity index (χ2v) is 3.82. The van der Waals surface area contributed by atoms with Gasteiger partial charge in [0.05, 0.1) is 5.02 Å². The van der Waals surface area contributed by atoms with Gasteiger partial charge in [-0.15, -0.1) is 0 Å². The molecule has 0 atom stereocenters. The Labute approximate surface area is 94.1 Å². The first kappa shape index (κ1) is 10.6. The molecule has 0 aromatic heterocycles. The van der Waals surface area contributed by atoms with Gasteiger partial charge in [0.1, 0.15) is 13.2 Å². The standard InChI is InChI=1S/C11H14ClNO2/c1-2-8-7(6-13)5-9(12)11-10(8)14-3-4-15-11/h5H,2-4,6,13H2,1H3. The first-order valence-corrected chi connectivity index (χ1v) is 5.45. The van der Waals surface area contributed by atoms with Gasteiger partial charge in [-0.25, -0.2) is 0 Å². The molecule has 0 saturated heterocycles. The Hall–Kier alpha value is -0.930. The van der Waals surface area contributed by atoms with Crippen LogP contribution in [-0.2, 0) is 13.0 Å². The first-order valence-electron chi connectivity index (χ1n) is 5.07. The van der Waals surface area contributed by atoms with E-state index in [-0.39, 0.29) is 0 Å². The minimum Gasteiger partial charge on any atom is -0.486 e. The van der Waals surface area contributed by atoms with E-state index in [1.807, 2.05) is 6.07 Å². The van der Waals surface area contributed by atoms with E-state index in [1.165, 1.54) is 0 Å². The minimum absolute atomic E-state index is 0.472. The summed E-state index contributed by atoms with van der Waals surface area (Å²) < 4.78 is 11.1. The molecule has 2 N–H and O–H groups in total. The van der Waals surface area contributed by atoms with Crippen molar-refractivity contribution in [2.45, 2.75) is 19.9 Å². The number of rotatable bonds is 2. The van der Waals surface area contributed by atoms with Crippen LogP contribution in [0.3, 0.4) is 0 Å². The summed E-state index contributed by atoms with van der Waals surface area (Å²) in [5.41, 5.74) is 7.82. The Morgan fingerprint density at radius 3 is 2.60 bits per heavy atom. The van der Waals surface area contributed by atoms with Crippen molar-refractivity contribution >= 4 is 11.6 Å². The van der Waals surface area contributed by atoms with Crippen LogP contribution >= 0.6 is 11.6 Å². The Morgan fingerprint density at radius 1 is 1.33 bits per heavy atom. The Balaban J connectivity index is 2.59. The normalized spacial score (nSPS) is 14.1. The van der Waals surface area contributed by atoms with Crippen LogP contribution in [0.15, 0.2) is 6.07 Å². The van der Waals surface area contributed by atoms with Crippen LogP contribution in [0.25, 0.3) is 0 Å². The van der Waals surface area contributed by atoms with Crippen molar-refractivity contribution < 1.29 is 9.47 Å². The van der Waals surface area contributed by atoms with Gasteiger partial charge in [0.15, 0.2) is 11.5 Å². The van der Waals surface area contributed by atoms with E-state index >= 15 is 0 Å². The van der Waals surface area contributed by atoms with Gasteiger partial charge in [-0.3, -0.25) is 0 Å². The molecule has 2 rings (SSSR count). The van der Waals surface area contributed by atoms with E-state index < -0.39 is 0 Å². The van der Waals surface area contributed by atoms with Gasteiger partial charge >= 0.3 is 0 Å². The molecule has 82 valence electrons. The molecule has 1 aliphatic rings. The molecular weight excluding hydrogens is 214 g/mol. The minimum atomic E-state index is 0.472. The number of ether oxygens (including phenoxy) is 2. The number of halogens is 1. The molecule has 0 fully saturated rings. The average molecular weight is 228 g/mol. The Kier molecular flexibility index (Phi) is 3.03. The van der Waals surface area contributed by atoms with Crippen molar-refractivity contribution in [2.24, 2.45) is 5.73 Å². The lowest BCUT2D eigenvalue weighted by Crippen LogP contribution is -2.18. The lowest BCUT2D eigenvalue weighted by atomic mass is 10.0. The lowest BCUT2D eigenvalue weighted by molar-refractivity contribution is 0.170. The third-order valence-corrected chi connectivity index (χ3v) is 2.82. The van der Waals surface area contributed by atoms with Gasteiger partial charge in [0.25, 0.3) is 0 Å². The summed E-state index contributed by atoms with van der Waals surface area (Å²) in [5.74, 6) is 1.44. The van der Waals surface area contributed by atoms with E-state index in [0.717, 1.165) is 23.3 Å². The number of hydrogen-bond acceptors (Lipinski definition) is 3. The Morgan fingerprint density at radius 2 is 2.00 bits per heavy atom. The van der Waals surface area contributed by atoms with Crippen molar-refractivity contribution in [2.75, 3.05) is 13.2 Å². The third kappa shape index (κ3) is 1.77. The highest BCUT2D eigenvalue weighted by atomic mass is 35.5. The predicted octanol–water partition coefficient (Wildman–Crippen LogP) is 2.13. The number of fused-ring (bicyclic) bond motifs is 1. The molecule has 4 heteroatoms. The van der Waals surface area contributed by atoms with Crippen LogP contribution in [0.4, 0.5) is 0 Å². The summed E-state index contributed by atoms with van der Waals surface area (Å²) in [6.45, 7) is 3.67. The van der Waals surface area contributed by atoms with E-state index in [9.17, 15) is 0 Å². The maximum atomic E-state index is 6.09. The quantitative estimate of drug-likeness (QED) is 0.842. The van der Waals surface area contributed by atoms with Gasteiger partial charge in [-0.1, -0.05) is 18.5 Å². The maximum absolute atomic E-state index is 6.09. The van der Waals surface area contributed by atoms with E-state index in [1.54, 1.807) is 0 Å². The second kappa shape index (κ2) is 4.29. The third-order valence-electron chi connectivity index (χ3n) is 2.54. The molecule has 0 radical (unpaired) electrons. The van der Waals surface area contributed by atoms with Crippen LogP contribution in [0, 0.1) is 0 Å². The summed E-state index contributed by atoms with van der Waals surface area (Å²) in [5, 5.41) is 0.586. The summed E-state index contributed by atoms with van der Waals surface area (Å²) in [7, 11) is 0. The molecule has 15 heavy (non-hydrogen) atoms. The number of benzene rings is 1. The zero-order valence-corrected chi connectivity index (χ0v) is 9.43. The van der Waals surface area contributed by atoms with Crippen LogP contribution in [0.2, 0.25) is 5.02 Å². The van der Waals surface area contributed by atoms with E-state index in [4.69, 9.17) is 26.8 Å². The zero-order valence-electron chi connectivity index (χ0n) is 8.68. The van der Waals surface area contributed by atoms with Crippen molar-refractivity contribution in [3.8, 4) is 11.5 Å². The molecule has 0 bridgehead atoms. The maximum Gasteiger partial charge on any atom is 0.180 e. The van der Waals surface area contributed by atoms with Crippen LogP contribution in [0.5, 0.6) is 11.5 Å². The molecule has 0 unspecified atom stereocenters. The molecule has 0 saturated carbocycles. The fourth-order valence-corrected chi connectivity index (χ4v) is 2.11. The largest absolute Gasteiger partial charge is 0.486 e.